The Morgan fingerprint density at radius 3 is 3.06 bits per heavy atom. The summed E-state index contributed by atoms with van der Waals surface area (Å²) in [6.45, 7) is 4.41. The van der Waals surface area contributed by atoms with Crippen molar-refractivity contribution in [2.45, 2.75) is 32.4 Å². The molecule has 1 aliphatic rings. The van der Waals surface area contributed by atoms with Crippen molar-refractivity contribution in [3.63, 3.8) is 0 Å². The number of nitriles is 1. The summed E-state index contributed by atoms with van der Waals surface area (Å²) in [5, 5.41) is 19.9. The van der Waals surface area contributed by atoms with Crippen LogP contribution in [0.4, 0.5) is 0 Å². The number of likely N-dealkylation sites (tertiary alicyclic amines) is 1. The standard InChI is InChI=1S/C13H18N2OS/c1-10-2-3-11(8-16)6-15(10)7-13-4-12(5-14)9-17-13/h4,9-11,16H,2-3,6-8H2,1H3. The quantitative estimate of drug-likeness (QED) is 0.894. The van der Waals surface area contributed by atoms with E-state index in [0.717, 1.165) is 31.5 Å². The third-order valence-corrected chi connectivity index (χ3v) is 4.43. The molecule has 92 valence electrons. The monoisotopic (exact) mass is 250 g/mol. The average molecular weight is 250 g/mol. The van der Waals surface area contributed by atoms with E-state index in [9.17, 15) is 5.11 Å². The lowest BCUT2D eigenvalue weighted by Crippen LogP contribution is -2.42. The van der Waals surface area contributed by atoms with Crippen molar-refractivity contribution < 1.29 is 5.11 Å². The maximum Gasteiger partial charge on any atom is 0.100 e. The molecule has 0 aromatic carbocycles. The molecule has 0 bridgehead atoms. The largest absolute Gasteiger partial charge is 0.396 e. The Morgan fingerprint density at radius 1 is 1.59 bits per heavy atom. The Hall–Kier alpha value is -0.890. The molecule has 2 heterocycles. The predicted molar refractivity (Wildman–Crippen MR) is 68.7 cm³/mol. The van der Waals surface area contributed by atoms with Crippen LogP contribution >= 0.6 is 11.3 Å². The van der Waals surface area contributed by atoms with Crippen LogP contribution < -0.4 is 0 Å². The predicted octanol–water partition coefficient (Wildman–Crippen LogP) is 2.21. The van der Waals surface area contributed by atoms with Crippen LogP contribution in [0.2, 0.25) is 0 Å². The Bertz CT molecular complexity index is 410. The van der Waals surface area contributed by atoms with Crippen molar-refractivity contribution in [2.75, 3.05) is 13.2 Å². The van der Waals surface area contributed by atoms with Gasteiger partial charge in [0.1, 0.15) is 6.07 Å². The Kier molecular flexibility index (Phi) is 4.16. The minimum atomic E-state index is 0.289. The summed E-state index contributed by atoms with van der Waals surface area (Å²) >= 11 is 1.65. The lowest BCUT2D eigenvalue weighted by atomic mass is 9.94. The minimum absolute atomic E-state index is 0.289. The molecule has 1 N–H and O–H groups in total. The summed E-state index contributed by atoms with van der Waals surface area (Å²) in [7, 11) is 0. The number of hydrogen-bond donors (Lipinski definition) is 1. The molecule has 0 spiro atoms. The maximum absolute atomic E-state index is 9.24. The van der Waals surface area contributed by atoms with Gasteiger partial charge in [0.15, 0.2) is 0 Å². The molecular formula is C13H18N2OS. The molecule has 0 amide bonds. The van der Waals surface area contributed by atoms with Crippen molar-refractivity contribution in [1.29, 1.82) is 5.26 Å². The van der Waals surface area contributed by atoms with Gasteiger partial charge in [-0.25, -0.2) is 0 Å². The number of piperidine rings is 1. The van der Waals surface area contributed by atoms with Crippen LogP contribution in [-0.4, -0.2) is 29.2 Å². The van der Waals surface area contributed by atoms with Crippen molar-refractivity contribution in [2.24, 2.45) is 5.92 Å². The Balaban J connectivity index is 1.99. The first-order valence-corrected chi connectivity index (χ1v) is 6.93. The fourth-order valence-corrected chi connectivity index (χ4v) is 3.19. The molecular weight excluding hydrogens is 232 g/mol. The molecule has 3 nitrogen and oxygen atoms in total. The van der Waals surface area contributed by atoms with E-state index in [-0.39, 0.29) is 6.61 Å². The van der Waals surface area contributed by atoms with Gasteiger partial charge in [0.05, 0.1) is 5.56 Å². The number of aliphatic hydroxyl groups excluding tert-OH is 1. The van der Waals surface area contributed by atoms with Gasteiger partial charge < -0.3 is 5.11 Å². The van der Waals surface area contributed by atoms with E-state index in [1.807, 2.05) is 11.4 Å². The molecule has 1 aliphatic heterocycles. The molecule has 0 radical (unpaired) electrons. The summed E-state index contributed by atoms with van der Waals surface area (Å²) in [6, 6.07) is 4.71. The normalized spacial score (nSPS) is 25.7. The molecule has 0 saturated carbocycles. The summed E-state index contributed by atoms with van der Waals surface area (Å²) in [4.78, 5) is 3.66. The lowest BCUT2D eigenvalue weighted by molar-refractivity contribution is 0.0779. The number of hydrogen-bond acceptors (Lipinski definition) is 4. The molecule has 4 heteroatoms. The molecule has 1 aromatic heterocycles. The van der Waals surface area contributed by atoms with Gasteiger partial charge in [-0.1, -0.05) is 0 Å². The van der Waals surface area contributed by atoms with Crippen LogP contribution in [0.1, 0.15) is 30.2 Å². The highest BCUT2D eigenvalue weighted by atomic mass is 32.1. The van der Waals surface area contributed by atoms with Crippen molar-refractivity contribution in [3.05, 3.63) is 21.9 Å². The Morgan fingerprint density at radius 2 is 2.41 bits per heavy atom. The molecule has 1 aromatic rings. The summed E-state index contributed by atoms with van der Waals surface area (Å²) in [5.74, 6) is 0.418. The van der Waals surface area contributed by atoms with Gasteiger partial charge in [-0.05, 0) is 31.7 Å². The van der Waals surface area contributed by atoms with E-state index in [0.29, 0.717) is 12.0 Å². The second-order valence-electron chi connectivity index (χ2n) is 4.82. The van der Waals surface area contributed by atoms with Gasteiger partial charge in [-0.15, -0.1) is 11.3 Å². The van der Waals surface area contributed by atoms with E-state index in [2.05, 4.69) is 17.9 Å². The topological polar surface area (TPSA) is 47.3 Å². The molecule has 17 heavy (non-hydrogen) atoms. The number of aliphatic hydroxyl groups is 1. The van der Waals surface area contributed by atoms with E-state index in [1.165, 1.54) is 4.88 Å². The van der Waals surface area contributed by atoms with Gasteiger partial charge >= 0.3 is 0 Å². The summed E-state index contributed by atoms with van der Waals surface area (Å²) < 4.78 is 0. The zero-order valence-corrected chi connectivity index (χ0v) is 10.9. The summed E-state index contributed by atoms with van der Waals surface area (Å²) in [5.41, 5.74) is 0.758. The van der Waals surface area contributed by atoms with Gasteiger partial charge in [0, 0.05) is 36.0 Å². The van der Waals surface area contributed by atoms with Crippen molar-refractivity contribution >= 4 is 11.3 Å². The highest BCUT2D eigenvalue weighted by Gasteiger charge is 2.25. The van der Waals surface area contributed by atoms with Crippen molar-refractivity contribution in [1.82, 2.24) is 4.90 Å². The molecule has 2 rings (SSSR count). The Labute approximate surface area is 106 Å². The van der Waals surface area contributed by atoms with Crippen LogP contribution in [0.3, 0.4) is 0 Å². The second kappa shape index (κ2) is 5.63. The van der Waals surface area contributed by atoms with Gasteiger partial charge in [0.25, 0.3) is 0 Å². The van der Waals surface area contributed by atoms with Crippen molar-refractivity contribution in [3.8, 4) is 6.07 Å². The van der Waals surface area contributed by atoms with E-state index < -0.39 is 0 Å². The molecule has 0 aliphatic carbocycles. The van der Waals surface area contributed by atoms with E-state index in [4.69, 9.17) is 5.26 Å². The van der Waals surface area contributed by atoms with Crippen LogP contribution in [0.25, 0.3) is 0 Å². The first kappa shape index (κ1) is 12.6. The van der Waals surface area contributed by atoms with Crippen LogP contribution in [0, 0.1) is 17.2 Å². The summed E-state index contributed by atoms with van der Waals surface area (Å²) in [6.07, 6.45) is 2.28. The molecule has 2 atom stereocenters. The average Bonchev–Trinajstić information content (AvgIpc) is 2.80. The third-order valence-electron chi connectivity index (χ3n) is 3.51. The molecule has 1 saturated heterocycles. The van der Waals surface area contributed by atoms with Gasteiger partial charge in [-0.2, -0.15) is 5.26 Å². The number of thiophene rings is 1. The molecule has 1 fully saturated rings. The molecule has 2 unspecified atom stereocenters. The SMILES string of the molecule is CC1CCC(CO)CN1Cc1cc(C#N)cs1. The smallest absolute Gasteiger partial charge is 0.100 e. The highest BCUT2D eigenvalue weighted by molar-refractivity contribution is 7.10. The van der Waals surface area contributed by atoms with Crippen LogP contribution in [0.15, 0.2) is 11.4 Å². The van der Waals surface area contributed by atoms with Crippen LogP contribution in [0.5, 0.6) is 0 Å². The fourth-order valence-electron chi connectivity index (χ4n) is 2.35. The van der Waals surface area contributed by atoms with Crippen LogP contribution in [-0.2, 0) is 6.54 Å². The van der Waals surface area contributed by atoms with E-state index >= 15 is 0 Å². The highest BCUT2D eigenvalue weighted by Crippen LogP contribution is 2.25. The minimum Gasteiger partial charge on any atom is -0.396 e. The zero-order chi connectivity index (χ0) is 12.3. The zero-order valence-electron chi connectivity index (χ0n) is 10.1. The maximum atomic E-state index is 9.24. The van der Waals surface area contributed by atoms with E-state index in [1.54, 1.807) is 11.3 Å². The first-order chi connectivity index (χ1) is 8.22. The lowest BCUT2D eigenvalue weighted by Gasteiger charge is -2.37. The fraction of sp³-hybridized carbons (Fsp3) is 0.615. The van der Waals surface area contributed by atoms with Gasteiger partial charge in [-0.3, -0.25) is 4.90 Å². The van der Waals surface area contributed by atoms with Gasteiger partial charge in [0.2, 0.25) is 0 Å². The number of rotatable bonds is 3. The number of nitrogens with zero attached hydrogens (tertiary/aromatic N) is 2. The second-order valence-corrected chi connectivity index (χ2v) is 5.81. The first-order valence-electron chi connectivity index (χ1n) is 6.05. The third kappa shape index (κ3) is 3.06.